The molecule has 0 unspecified atom stereocenters. The van der Waals surface area contributed by atoms with Crippen molar-refractivity contribution in [3.63, 3.8) is 0 Å². The highest BCUT2D eigenvalue weighted by molar-refractivity contribution is 5.95. The first-order valence-corrected chi connectivity index (χ1v) is 7.50. The molecule has 7 nitrogen and oxygen atoms in total. The lowest BCUT2D eigenvalue weighted by Gasteiger charge is -2.08. The maximum absolute atomic E-state index is 12.7. The van der Waals surface area contributed by atoms with Crippen LogP contribution in [-0.4, -0.2) is 38.2 Å². The standard InChI is InChI=1S/C18H16FNO6/c1-24-18(23)12-3-2-4-14(9-12)20-16(21)10-26-17(22)11-25-15-7-5-13(19)6-8-15/h2-9H,10-11H2,1H3,(H,20,21). The number of ether oxygens (including phenoxy) is 3. The van der Waals surface area contributed by atoms with Gasteiger partial charge >= 0.3 is 11.9 Å². The molecule has 2 rings (SSSR count). The number of amides is 1. The van der Waals surface area contributed by atoms with Gasteiger partial charge in [-0.15, -0.1) is 0 Å². The SMILES string of the molecule is COC(=O)c1cccc(NC(=O)COC(=O)COc2ccc(F)cc2)c1. The Morgan fingerprint density at radius 3 is 2.46 bits per heavy atom. The molecule has 0 atom stereocenters. The average Bonchev–Trinajstić information content (AvgIpc) is 2.65. The molecule has 0 aliphatic heterocycles. The predicted molar refractivity (Wildman–Crippen MR) is 89.3 cm³/mol. The normalized spacial score (nSPS) is 9.92. The molecule has 0 fully saturated rings. The Bertz CT molecular complexity index is 791. The van der Waals surface area contributed by atoms with E-state index in [-0.39, 0.29) is 5.56 Å². The van der Waals surface area contributed by atoms with E-state index < -0.39 is 36.9 Å². The monoisotopic (exact) mass is 361 g/mol. The topological polar surface area (TPSA) is 90.9 Å². The zero-order valence-corrected chi connectivity index (χ0v) is 13.9. The smallest absolute Gasteiger partial charge is 0.344 e. The molecule has 8 heteroatoms. The average molecular weight is 361 g/mol. The number of nitrogens with one attached hydrogen (secondary N) is 1. The molecule has 0 saturated carbocycles. The fourth-order valence-electron chi connectivity index (χ4n) is 1.90. The third kappa shape index (κ3) is 5.90. The third-order valence-electron chi connectivity index (χ3n) is 3.10. The quantitative estimate of drug-likeness (QED) is 0.760. The second kappa shape index (κ2) is 9.16. The Labute approximate surface area is 148 Å². The summed E-state index contributed by atoms with van der Waals surface area (Å²) in [5.41, 5.74) is 0.631. The summed E-state index contributed by atoms with van der Waals surface area (Å²) in [5.74, 6) is -2.00. The van der Waals surface area contributed by atoms with Gasteiger partial charge in [-0.05, 0) is 42.5 Å². The molecular weight excluding hydrogens is 345 g/mol. The second-order valence-corrected chi connectivity index (χ2v) is 5.02. The maximum atomic E-state index is 12.7. The largest absolute Gasteiger partial charge is 0.482 e. The van der Waals surface area contributed by atoms with Gasteiger partial charge < -0.3 is 19.5 Å². The highest BCUT2D eigenvalue weighted by Gasteiger charge is 2.11. The summed E-state index contributed by atoms with van der Waals surface area (Å²) >= 11 is 0. The van der Waals surface area contributed by atoms with Gasteiger partial charge in [0.15, 0.2) is 13.2 Å². The van der Waals surface area contributed by atoms with Crippen LogP contribution in [0.5, 0.6) is 5.75 Å². The van der Waals surface area contributed by atoms with E-state index in [0.717, 1.165) is 0 Å². The number of halogens is 1. The number of rotatable bonds is 7. The van der Waals surface area contributed by atoms with Crippen molar-refractivity contribution in [2.24, 2.45) is 0 Å². The van der Waals surface area contributed by atoms with Crippen molar-refractivity contribution in [2.75, 3.05) is 25.6 Å². The molecule has 136 valence electrons. The van der Waals surface area contributed by atoms with Crippen molar-refractivity contribution in [1.29, 1.82) is 0 Å². The van der Waals surface area contributed by atoms with E-state index in [2.05, 4.69) is 10.1 Å². The Hall–Kier alpha value is -3.42. The second-order valence-electron chi connectivity index (χ2n) is 5.02. The van der Waals surface area contributed by atoms with E-state index in [4.69, 9.17) is 9.47 Å². The van der Waals surface area contributed by atoms with Gasteiger partial charge in [0, 0.05) is 5.69 Å². The summed E-state index contributed by atoms with van der Waals surface area (Å²) in [6.45, 7) is -0.940. The van der Waals surface area contributed by atoms with Gasteiger partial charge in [-0.2, -0.15) is 0 Å². The maximum Gasteiger partial charge on any atom is 0.344 e. The number of benzene rings is 2. The molecule has 1 N–H and O–H groups in total. The summed E-state index contributed by atoms with van der Waals surface area (Å²) in [5, 5.41) is 2.49. The first kappa shape index (κ1) is 18.9. The van der Waals surface area contributed by atoms with Crippen molar-refractivity contribution in [3.8, 4) is 5.75 Å². The van der Waals surface area contributed by atoms with Crippen LogP contribution in [0.1, 0.15) is 10.4 Å². The fraction of sp³-hybridized carbons (Fsp3) is 0.167. The van der Waals surface area contributed by atoms with E-state index in [9.17, 15) is 18.8 Å². The Morgan fingerprint density at radius 2 is 1.77 bits per heavy atom. The molecule has 2 aromatic carbocycles. The fourth-order valence-corrected chi connectivity index (χ4v) is 1.90. The molecule has 26 heavy (non-hydrogen) atoms. The molecule has 0 bridgehead atoms. The van der Waals surface area contributed by atoms with E-state index in [1.54, 1.807) is 12.1 Å². The minimum absolute atomic E-state index is 0.273. The first-order chi connectivity index (χ1) is 12.5. The van der Waals surface area contributed by atoms with Crippen LogP contribution in [0, 0.1) is 5.82 Å². The summed E-state index contributed by atoms with van der Waals surface area (Å²) in [6.07, 6.45) is 0. The van der Waals surface area contributed by atoms with Gasteiger partial charge in [0.1, 0.15) is 11.6 Å². The van der Waals surface area contributed by atoms with E-state index in [1.807, 2.05) is 0 Å². The first-order valence-electron chi connectivity index (χ1n) is 7.50. The Balaban J connectivity index is 1.76. The number of methoxy groups -OCH3 is 1. The minimum atomic E-state index is -0.757. The van der Waals surface area contributed by atoms with E-state index >= 15 is 0 Å². The van der Waals surface area contributed by atoms with Gasteiger partial charge in [0.25, 0.3) is 5.91 Å². The molecule has 1 amide bonds. The number of esters is 2. The molecule has 0 aliphatic carbocycles. The highest BCUT2D eigenvalue weighted by Crippen LogP contribution is 2.12. The molecule has 0 saturated heterocycles. The lowest BCUT2D eigenvalue weighted by molar-refractivity contribution is -0.149. The summed E-state index contributed by atoms with van der Waals surface area (Å²) < 4.78 is 27.2. The van der Waals surface area contributed by atoms with Crippen LogP contribution in [0.15, 0.2) is 48.5 Å². The van der Waals surface area contributed by atoms with Gasteiger partial charge in [-0.1, -0.05) is 6.07 Å². The van der Waals surface area contributed by atoms with Crippen molar-refractivity contribution in [1.82, 2.24) is 0 Å². The number of carbonyl (C=O) groups is 3. The Morgan fingerprint density at radius 1 is 1.04 bits per heavy atom. The number of hydrogen-bond acceptors (Lipinski definition) is 6. The lowest BCUT2D eigenvalue weighted by atomic mass is 10.2. The molecule has 0 radical (unpaired) electrons. The van der Waals surface area contributed by atoms with Crippen molar-refractivity contribution < 1.29 is 33.0 Å². The zero-order valence-electron chi connectivity index (χ0n) is 13.9. The van der Waals surface area contributed by atoms with Crippen LogP contribution in [-0.2, 0) is 19.1 Å². The van der Waals surface area contributed by atoms with Gasteiger partial charge in [-0.25, -0.2) is 14.0 Å². The number of anilines is 1. The highest BCUT2D eigenvalue weighted by atomic mass is 19.1. The van der Waals surface area contributed by atoms with E-state index in [1.165, 1.54) is 43.5 Å². The van der Waals surface area contributed by atoms with Gasteiger partial charge in [0.05, 0.1) is 12.7 Å². The summed E-state index contributed by atoms with van der Waals surface area (Å²) in [6, 6.07) is 11.2. The zero-order chi connectivity index (χ0) is 18.9. The third-order valence-corrected chi connectivity index (χ3v) is 3.10. The van der Waals surface area contributed by atoms with Crippen LogP contribution in [0.2, 0.25) is 0 Å². The van der Waals surface area contributed by atoms with Gasteiger partial charge in [-0.3, -0.25) is 4.79 Å². The van der Waals surface area contributed by atoms with E-state index in [0.29, 0.717) is 11.4 Å². The van der Waals surface area contributed by atoms with Crippen LogP contribution < -0.4 is 10.1 Å². The minimum Gasteiger partial charge on any atom is -0.482 e. The van der Waals surface area contributed by atoms with Crippen molar-refractivity contribution in [2.45, 2.75) is 0 Å². The predicted octanol–water partition coefficient (Wildman–Crippen LogP) is 2.17. The van der Waals surface area contributed by atoms with Crippen LogP contribution in [0.25, 0.3) is 0 Å². The van der Waals surface area contributed by atoms with Crippen molar-refractivity contribution >= 4 is 23.5 Å². The van der Waals surface area contributed by atoms with Gasteiger partial charge in [0.2, 0.25) is 0 Å². The van der Waals surface area contributed by atoms with Crippen molar-refractivity contribution in [3.05, 3.63) is 59.9 Å². The number of carbonyl (C=O) groups excluding carboxylic acids is 3. The lowest BCUT2D eigenvalue weighted by Crippen LogP contribution is -2.23. The van der Waals surface area contributed by atoms with Crippen LogP contribution >= 0.6 is 0 Å². The summed E-state index contributed by atoms with van der Waals surface area (Å²) in [4.78, 5) is 34.8. The van der Waals surface area contributed by atoms with Crippen LogP contribution in [0.4, 0.5) is 10.1 Å². The molecule has 0 aliphatic rings. The molecule has 0 heterocycles. The molecule has 0 aromatic heterocycles. The molecule has 2 aromatic rings. The molecule has 0 spiro atoms. The summed E-state index contributed by atoms with van der Waals surface area (Å²) in [7, 11) is 1.25. The Kier molecular flexibility index (Phi) is 6.67. The molecular formula is C18H16FNO6. The number of hydrogen-bond donors (Lipinski definition) is 1. The van der Waals surface area contributed by atoms with Crippen LogP contribution in [0.3, 0.4) is 0 Å².